The Balaban J connectivity index is 2.03. The van der Waals surface area contributed by atoms with Gasteiger partial charge in [-0.1, -0.05) is 56.3 Å². The zero-order valence-electron chi connectivity index (χ0n) is 12.2. The van der Waals surface area contributed by atoms with Crippen LogP contribution in [0.2, 0.25) is 0 Å². The third-order valence-electron chi connectivity index (χ3n) is 3.08. The van der Waals surface area contributed by atoms with Gasteiger partial charge in [0.2, 0.25) is 0 Å². The van der Waals surface area contributed by atoms with Gasteiger partial charge in [0, 0.05) is 13.1 Å². The van der Waals surface area contributed by atoms with Gasteiger partial charge in [0.05, 0.1) is 0 Å². The predicted octanol–water partition coefficient (Wildman–Crippen LogP) is 2.15. The van der Waals surface area contributed by atoms with E-state index in [0.717, 1.165) is 15.4 Å². The van der Waals surface area contributed by atoms with Gasteiger partial charge in [-0.05, 0) is 11.5 Å². The second kappa shape index (κ2) is 6.35. The molecule has 110 valence electrons. The maximum Gasteiger partial charge on any atom is 0.334 e. The average Bonchev–Trinajstić information content (AvgIpc) is 2.65. The molecule has 0 N–H and O–H groups in total. The van der Waals surface area contributed by atoms with Gasteiger partial charge in [-0.15, -0.1) is 0 Å². The van der Waals surface area contributed by atoms with Crippen molar-refractivity contribution < 1.29 is 14.4 Å². The first kappa shape index (κ1) is 15.0. The number of nitrogens with zero attached hydrogens (tertiary/aromatic N) is 2. The van der Waals surface area contributed by atoms with E-state index in [2.05, 4.69) is 0 Å². The highest BCUT2D eigenvalue weighted by Gasteiger charge is 2.43. The summed E-state index contributed by atoms with van der Waals surface area (Å²) >= 11 is 0. The molecule has 0 saturated carbocycles. The quantitative estimate of drug-likeness (QED) is 0.615. The van der Waals surface area contributed by atoms with Gasteiger partial charge in [-0.2, -0.15) is 0 Å². The predicted molar refractivity (Wildman–Crippen MR) is 79.1 cm³/mol. The summed E-state index contributed by atoms with van der Waals surface area (Å²) in [5.74, 6) is -1.36. The van der Waals surface area contributed by atoms with Crippen molar-refractivity contribution in [2.75, 3.05) is 13.1 Å². The Labute approximate surface area is 123 Å². The van der Waals surface area contributed by atoms with Gasteiger partial charge < -0.3 is 0 Å². The van der Waals surface area contributed by atoms with Gasteiger partial charge in [0.1, 0.15) is 0 Å². The van der Waals surface area contributed by atoms with Crippen LogP contribution in [0, 0.1) is 5.92 Å². The summed E-state index contributed by atoms with van der Waals surface area (Å²) in [6.07, 6.45) is 3.52. The lowest BCUT2D eigenvalue weighted by atomic mass is 10.2. The normalized spacial score (nSPS) is 15.9. The molecule has 0 aromatic heterocycles. The monoisotopic (exact) mass is 286 g/mol. The molecule has 1 saturated heterocycles. The Hall–Kier alpha value is -2.43. The van der Waals surface area contributed by atoms with E-state index in [-0.39, 0.29) is 19.0 Å². The fourth-order valence-electron chi connectivity index (χ4n) is 2.10. The minimum Gasteiger partial charge on any atom is -0.263 e. The van der Waals surface area contributed by atoms with Crippen molar-refractivity contribution in [1.82, 2.24) is 9.80 Å². The lowest BCUT2D eigenvalue weighted by molar-refractivity contribution is -0.143. The van der Waals surface area contributed by atoms with E-state index >= 15 is 0 Å². The van der Waals surface area contributed by atoms with Gasteiger partial charge in [-0.3, -0.25) is 19.4 Å². The Bertz CT molecular complexity index is 578. The van der Waals surface area contributed by atoms with E-state index < -0.39 is 17.8 Å². The van der Waals surface area contributed by atoms with Crippen LogP contribution in [-0.4, -0.2) is 40.7 Å². The second-order valence-electron chi connectivity index (χ2n) is 5.32. The summed E-state index contributed by atoms with van der Waals surface area (Å²) in [6.45, 7) is 4.15. The van der Waals surface area contributed by atoms with Crippen LogP contribution < -0.4 is 0 Å². The number of rotatable bonds is 5. The summed E-state index contributed by atoms with van der Waals surface area (Å²) < 4.78 is 0. The molecule has 0 atom stereocenters. The topological polar surface area (TPSA) is 57.7 Å². The average molecular weight is 286 g/mol. The molecule has 1 heterocycles. The van der Waals surface area contributed by atoms with Gasteiger partial charge in [-0.25, -0.2) is 4.79 Å². The molecular weight excluding hydrogens is 268 g/mol. The molecule has 5 heteroatoms. The van der Waals surface area contributed by atoms with Crippen LogP contribution in [0.4, 0.5) is 4.79 Å². The fraction of sp³-hybridized carbons (Fsp3) is 0.312. The van der Waals surface area contributed by atoms with Crippen LogP contribution in [0.5, 0.6) is 0 Å². The molecule has 0 spiro atoms. The van der Waals surface area contributed by atoms with E-state index in [1.165, 1.54) is 0 Å². The van der Waals surface area contributed by atoms with Crippen molar-refractivity contribution in [2.24, 2.45) is 5.92 Å². The smallest absolute Gasteiger partial charge is 0.263 e. The second-order valence-corrected chi connectivity index (χ2v) is 5.32. The van der Waals surface area contributed by atoms with Crippen molar-refractivity contribution >= 4 is 23.9 Å². The number of carbonyl (C=O) groups is 3. The van der Waals surface area contributed by atoms with E-state index in [4.69, 9.17) is 0 Å². The molecule has 0 bridgehead atoms. The van der Waals surface area contributed by atoms with Crippen LogP contribution in [0.1, 0.15) is 19.4 Å². The van der Waals surface area contributed by atoms with Gasteiger partial charge in [0.25, 0.3) is 0 Å². The molecule has 1 aromatic carbocycles. The van der Waals surface area contributed by atoms with Crippen molar-refractivity contribution in [1.29, 1.82) is 0 Å². The van der Waals surface area contributed by atoms with Crippen molar-refractivity contribution in [3.8, 4) is 0 Å². The minimum atomic E-state index is -0.752. The Morgan fingerprint density at radius 3 is 2.24 bits per heavy atom. The molecule has 0 aliphatic carbocycles. The molecule has 1 fully saturated rings. The lowest BCUT2D eigenvalue weighted by Gasteiger charge is -2.15. The zero-order valence-corrected chi connectivity index (χ0v) is 12.2. The Morgan fingerprint density at radius 2 is 1.62 bits per heavy atom. The third-order valence-corrected chi connectivity index (χ3v) is 3.08. The molecule has 0 radical (unpaired) electrons. The molecule has 2 rings (SSSR count). The Morgan fingerprint density at radius 1 is 1.00 bits per heavy atom. The molecular formula is C16H18N2O3. The number of carbonyl (C=O) groups excluding carboxylic acids is 3. The summed E-state index contributed by atoms with van der Waals surface area (Å²) in [4.78, 5) is 37.7. The van der Waals surface area contributed by atoms with Crippen molar-refractivity contribution in [3.05, 3.63) is 42.0 Å². The molecule has 1 aliphatic rings. The summed E-state index contributed by atoms with van der Waals surface area (Å²) in [7, 11) is 0. The first-order valence-corrected chi connectivity index (χ1v) is 6.89. The van der Waals surface area contributed by atoms with E-state index in [1.807, 2.05) is 50.3 Å². The SMILES string of the molecule is CC(C)CN1C(=O)C(=O)N(CC=Cc2ccccc2)C1=O. The van der Waals surface area contributed by atoms with Crippen LogP contribution in [0.3, 0.4) is 0 Å². The van der Waals surface area contributed by atoms with Gasteiger partial charge in [0.15, 0.2) is 0 Å². The van der Waals surface area contributed by atoms with Crippen LogP contribution in [0.15, 0.2) is 36.4 Å². The number of amides is 4. The number of hydrogen-bond acceptors (Lipinski definition) is 3. The molecule has 4 amide bonds. The van der Waals surface area contributed by atoms with E-state index in [9.17, 15) is 14.4 Å². The number of benzene rings is 1. The van der Waals surface area contributed by atoms with Crippen molar-refractivity contribution in [3.63, 3.8) is 0 Å². The number of hydrogen-bond donors (Lipinski definition) is 0. The maximum atomic E-state index is 12.1. The van der Waals surface area contributed by atoms with Gasteiger partial charge >= 0.3 is 17.8 Å². The highest BCUT2D eigenvalue weighted by atomic mass is 16.2. The largest absolute Gasteiger partial charge is 0.334 e. The molecule has 0 unspecified atom stereocenters. The molecule has 1 aliphatic heterocycles. The Kier molecular flexibility index (Phi) is 4.52. The standard InChI is InChI=1S/C16H18N2O3/c1-12(2)11-18-15(20)14(19)17(16(18)21)10-6-9-13-7-4-3-5-8-13/h3-9,12H,10-11H2,1-2H3. The van der Waals surface area contributed by atoms with E-state index in [0.29, 0.717) is 0 Å². The lowest BCUT2D eigenvalue weighted by Crippen LogP contribution is -2.35. The van der Waals surface area contributed by atoms with Crippen molar-refractivity contribution in [2.45, 2.75) is 13.8 Å². The first-order valence-electron chi connectivity index (χ1n) is 6.89. The third kappa shape index (κ3) is 3.37. The number of imide groups is 2. The molecule has 21 heavy (non-hydrogen) atoms. The maximum absolute atomic E-state index is 12.1. The summed E-state index contributed by atoms with van der Waals surface area (Å²) in [5, 5.41) is 0. The summed E-state index contributed by atoms with van der Waals surface area (Å²) in [6, 6.07) is 9.02. The number of urea groups is 1. The summed E-state index contributed by atoms with van der Waals surface area (Å²) in [5.41, 5.74) is 0.974. The van der Waals surface area contributed by atoms with Crippen LogP contribution >= 0.6 is 0 Å². The molecule has 1 aromatic rings. The molecule has 5 nitrogen and oxygen atoms in total. The van der Waals surface area contributed by atoms with Crippen LogP contribution in [-0.2, 0) is 9.59 Å². The minimum absolute atomic E-state index is 0.104. The highest BCUT2D eigenvalue weighted by Crippen LogP contribution is 2.14. The van der Waals surface area contributed by atoms with Crippen LogP contribution in [0.25, 0.3) is 6.08 Å². The van der Waals surface area contributed by atoms with E-state index in [1.54, 1.807) is 6.08 Å². The fourth-order valence-corrected chi connectivity index (χ4v) is 2.10. The zero-order chi connectivity index (χ0) is 15.4. The highest BCUT2D eigenvalue weighted by molar-refractivity contribution is 6.44. The first-order chi connectivity index (χ1) is 10.0.